The molecule has 0 saturated carbocycles. The average Bonchev–Trinajstić information content (AvgIpc) is 3.41. The lowest BCUT2D eigenvalue weighted by Gasteiger charge is -2.25. The van der Waals surface area contributed by atoms with Crippen LogP contribution in [0.15, 0.2) is 21.9 Å². The monoisotopic (exact) mass is 504 g/mol. The van der Waals surface area contributed by atoms with Crippen molar-refractivity contribution in [2.75, 3.05) is 18.9 Å². The summed E-state index contributed by atoms with van der Waals surface area (Å²) in [6, 6.07) is 4.56. The number of amides is 1. The van der Waals surface area contributed by atoms with Crippen LogP contribution in [0.25, 0.3) is 0 Å². The van der Waals surface area contributed by atoms with Gasteiger partial charge in [-0.25, -0.2) is 9.78 Å². The highest BCUT2D eigenvalue weighted by atomic mass is 32.2. The fraction of sp³-hybridized carbons (Fsp3) is 0.577. The predicted octanol–water partition coefficient (Wildman–Crippen LogP) is 6.13. The van der Waals surface area contributed by atoms with Crippen LogP contribution in [0.3, 0.4) is 0 Å². The summed E-state index contributed by atoms with van der Waals surface area (Å²) >= 11 is 2.82. The van der Waals surface area contributed by atoms with E-state index in [1.807, 2.05) is 4.90 Å². The summed E-state index contributed by atoms with van der Waals surface area (Å²) in [6.45, 7) is 7.56. The van der Waals surface area contributed by atoms with Gasteiger partial charge in [-0.05, 0) is 49.8 Å². The number of aromatic carboxylic acids is 1. The lowest BCUT2D eigenvalue weighted by molar-refractivity contribution is -0.129. The van der Waals surface area contributed by atoms with Crippen LogP contribution in [0, 0.1) is 13.8 Å². The minimum absolute atomic E-state index is 0.0658. The van der Waals surface area contributed by atoms with Crippen molar-refractivity contribution < 1.29 is 19.4 Å². The van der Waals surface area contributed by atoms with Crippen LogP contribution in [0.2, 0.25) is 0 Å². The molecule has 1 amide bonds. The van der Waals surface area contributed by atoms with Crippen LogP contribution < -0.4 is 4.74 Å². The second-order valence-corrected chi connectivity index (χ2v) is 11.2. The summed E-state index contributed by atoms with van der Waals surface area (Å²) in [5, 5.41) is 10.6. The molecule has 34 heavy (non-hydrogen) atoms. The van der Waals surface area contributed by atoms with E-state index in [0.717, 1.165) is 29.7 Å². The highest BCUT2D eigenvalue weighted by Gasteiger charge is 2.31. The number of hydrogen-bond donors (Lipinski definition) is 1. The number of thioether (sulfide) groups is 1. The number of hydrogen-bond acceptors (Lipinski definition) is 6. The quantitative estimate of drug-likeness (QED) is 0.246. The first kappa shape index (κ1) is 26.5. The number of carbonyl (C=O) groups is 2. The molecule has 1 atom stereocenters. The van der Waals surface area contributed by atoms with E-state index in [4.69, 9.17) is 9.84 Å². The fourth-order valence-electron chi connectivity index (χ4n) is 4.45. The molecule has 0 unspecified atom stereocenters. The Labute approximate surface area is 211 Å². The Morgan fingerprint density at radius 1 is 1.24 bits per heavy atom. The van der Waals surface area contributed by atoms with Crippen molar-refractivity contribution in [3.63, 3.8) is 0 Å². The third-order valence-corrected chi connectivity index (χ3v) is 8.22. The summed E-state index contributed by atoms with van der Waals surface area (Å²) in [6.07, 6.45) is 8.89. The molecule has 0 aliphatic carbocycles. The maximum atomic E-state index is 12.4. The summed E-state index contributed by atoms with van der Waals surface area (Å²) in [4.78, 5) is 29.4. The number of carboxylic acid groups (broad SMARTS) is 1. The molecule has 2 heterocycles. The van der Waals surface area contributed by atoms with Crippen LogP contribution in [0.5, 0.6) is 5.75 Å². The van der Waals surface area contributed by atoms with Gasteiger partial charge >= 0.3 is 5.97 Å². The van der Waals surface area contributed by atoms with E-state index in [-0.39, 0.29) is 17.6 Å². The van der Waals surface area contributed by atoms with Gasteiger partial charge in [-0.15, -0.1) is 11.3 Å². The first-order valence-corrected chi connectivity index (χ1v) is 14.1. The molecule has 1 fully saturated rings. The largest absolute Gasteiger partial charge is 0.491 e. The summed E-state index contributed by atoms with van der Waals surface area (Å²) in [7, 11) is 0. The van der Waals surface area contributed by atoms with Gasteiger partial charge in [-0.1, -0.05) is 56.5 Å². The molecule has 1 N–H and O–H groups in total. The Balaban J connectivity index is 1.50. The number of benzene rings is 1. The molecule has 1 saturated heterocycles. The first-order chi connectivity index (χ1) is 16.4. The van der Waals surface area contributed by atoms with Gasteiger partial charge in [-0.2, -0.15) is 0 Å². The number of unbranched alkanes of at least 4 members (excludes halogenated alkanes) is 4. The number of nitrogens with zero attached hydrogens (tertiary/aromatic N) is 2. The Bertz CT molecular complexity index is 952. The molecule has 186 valence electrons. The van der Waals surface area contributed by atoms with Crippen molar-refractivity contribution in [3.05, 3.63) is 39.9 Å². The van der Waals surface area contributed by atoms with Gasteiger partial charge in [0.2, 0.25) is 5.91 Å². The van der Waals surface area contributed by atoms with Gasteiger partial charge in [0.15, 0.2) is 10.0 Å². The summed E-state index contributed by atoms with van der Waals surface area (Å²) in [5.74, 6) is 0.763. The molecule has 6 nitrogen and oxygen atoms in total. The van der Waals surface area contributed by atoms with E-state index in [9.17, 15) is 9.59 Å². The second-order valence-electron chi connectivity index (χ2n) is 8.97. The maximum Gasteiger partial charge on any atom is 0.355 e. The summed E-state index contributed by atoms with van der Waals surface area (Å²) in [5.41, 5.74) is 3.77. The maximum absolute atomic E-state index is 12.4. The number of aryl methyl sites for hydroxylation is 3. The zero-order chi connectivity index (χ0) is 24.5. The fourth-order valence-corrected chi connectivity index (χ4v) is 6.26. The molecule has 1 aromatic carbocycles. The van der Waals surface area contributed by atoms with Crippen molar-refractivity contribution >= 4 is 35.0 Å². The third kappa shape index (κ3) is 7.47. The SMILES string of the molecule is CCCCCCCc1cc(C)c(OC[C@H]2CCC(=O)N2CCSc2nc(C(=O)O)cs2)c(C)c1. The minimum Gasteiger partial charge on any atom is -0.491 e. The number of carbonyl (C=O) groups excluding carboxylic acids is 1. The first-order valence-electron chi connectivity index (χ1n) is 12.2. The number of rotatable bonds is 14. The van der Waals surface area contributed by atoms with Gasteiger partial charge in [0.1, 0.15) is 12.4 Å². The second kappa shape index (κ2) is 13.1. The van der Waals surface area contributed by atoms with E-state index in [2.05, 4.69) is 37.9 Å². The predicted molar refractivity (Wildman–Crippen MR) is 138 cm³/mol. The van der Waals surface area contributed by atoms with Crippen molar-refractivity contribution in [2.45, 2.75) is 82.5 Å². The Hall–Kier alpha value is -2.06. The highest BCUT2D eigenvalue weighted by molar-refractivity contribution is 8.01. The topological polar surface area (TPSA) is 79.7 Å². The lowest BCUT2D eigenvalue weighted by atomic mass is 10.0. The van der Waals surface area contributed by atoms with Crippen molar-refractivity contribution in [1.29, 1.82) is 0 Å². The molecule has 1 aliphatic rings. The molecule has 0 bridgehead atoms. The van der Waals surface area contributed by atoms with Crippen LogP contribution >= 0.6 is 23.1 Å². The molecule has 8 heteroatoms. The Kier molecular flexibility index (Phi) is 10.3. The number of carboxylic acids is 1. The van der Waals surface area contributed by atoms with Crippen LogP contribution in [0.1, 0.15) is 79.0 Å². The number of ether oxygens (including phenoxy) is 1. The molecule has 0 spiro atoms. The molecule has 1 aliphatic heterocycles. The van der Waals surface area contributed by atoms with Gasteiger partial charge in [0.25, 0.3) is 0 Å². The standard InChI is InChI=1S/C26H36N2O4S2/c1-4-5-6-7-8-9-20-14-18(2)24(19(3)15-20)32-16-21-10-11-23(29)28(21)12-13-33-26-27-22(17-34-26)25(30)31/h14-15,17,21H,4-13,16H2,1-3H3,(H,30,31)/t21-/m1/s1. The van der Waals surface area contributed by atoms with Gasteiger partial charge in [-0.3, -0.25) is 4.79 Å². The van der Waals surface area contributed by atoms with Gasteiger partial charge in [0.05, 0.1) is 6.04 Å². The number of aromatic nitrogens is 1. The van der Waals surface area contributed by atoms with Crippen molar-refractivity contribution in [2.24, 2.45) is 0 Å². The minimum atomic E-state index is -1.01. The van der Waals surface area contributed by atoms with Gasteiger partial charge < -0.3 is 14.7 Å². The zero-order valence-corrected chi connectivity index (χ0v) is 22.1. The van der Waals surface area contributed by atoms with Crippen molar-refractivity contribution in [3.8, 4) is 5.75 Å². The Morgan fingerprint density at radius 3 is 2.65 bits per heavy atom. The Morgan fingerprint density at radius 2 is 1.97 bits per heavy atom. The average molecular weight is 505 g/mol. The van der Waals surface area contributed by atoms with Crippen LogP contribution in [-0.4, -0.2) is 51.8 Å². The molecule has 3 rings (SSSR count). The van der Waals surface area contributed by atoms with Crippen LogP contribution in [0.4, 0.5) is 0 Å². The van der Waals surface area contributed by atoms with Crippen LogP contribution in [-0.2, 0) is 11.2 Å². The van der Waals surface area contributed by atoms with Gasteiger partial charge in [0, 0.05) is 24.1 Å². The van der Waals surface area contributed by atoms with Crippen molar-refractivity contribution in [1.82, 2.24) is 9.88 Å². The summed E-state index contributed by atoms with van der Waals surface area (Å²) < 4.78 is 6.98. The molecule has 2 aromatic rings. The van der Waals surface area contributed by atoms with E-state index >= 15 is 0 Å². The highest BCUT2D eigenvalue weighted by Crippen LogP contribution is 2.29. The molecular formula is C26H36N2O4S2. The third-order valence-electron chi connectivity index (χ3n) is 6.22. The smallest absolute Gasteiger partial charge is 0.355 e. The lowest BCUT2D eigenvalue weighted by Crippen LogP contribution is -2.38. The number of thiazole rings is 1. The van der Waals surface area contributed by atoms with E-state index < -0.39 is 5.97 Å². The number of likely N-dealkylation sites (tertiary alicyclic amines) is 1. The van der Waals surface area contributed by atoms with E-state index in [1.165, 1.54) is 60.8 Å². The zero-order valence-electron chi connectivity index (χ0n) is 20.5. The molecule has 1 aromatic heterocycles. The normalized spacial score (nSPS) is 15.8. The van der Waals surface area contributed by atoms with E-state index in [0.29, 0.717) is 29.7 Å². The molecular weight excluding hydrogens is 468 g/mol. The van der Waals surface area contributed by atoms with E-state index in [1.54, 1.807) is 5.38 Å². The molecule has 0 radical (unpaired) electrons.